The highest BCUT2D eigenvalue weighted by atomic mass is 16.2. The first-order chi connectivity index (χ1) is 15.0. The molecule has 0 saturated heterocycles. The number of H-pyrrole nitrogens is 1. The van der Waals surface area contributed by atoms with Crippen LogP contribution in [-0.2, 0) is 0 Å². The first kappa shape index (κ1) is 20.5. The molecule has 0 radical (unpaired) electrons. The van der Waals surface area contributed by atoms with Gasteiger partial charge >= 0.3 is 6.03 Å². The maximum atomic E-state index is 12.3. The van der Waals surface area contributed by atoms with Crippen molar-refractivity contribution in [1.29, 1.82) is 10.8 Å². The van der Waals surface area contributed by atoms with E-state index >= 15 is 0 Å². The Morgan fingerprint density at radius 2 is 1.87 bits per heavy atom. The molecule has 1 heterocycles. The predicted octanol–water partition coefficient (Wildman–Crippen LogP) is 4.70. The summed E-state index contributed by atoms with van der Waals surface area (Å²) in [6.07, 6.45) is 5.05. The number of primary amides is 1. The fraction of sp³-hybridized carbons (Fsp3) is 0.250. The highest BCUT2D eigenvalue weighted by Gasteiger charge is 2.31. The lowest BCUT2D eigenvalue weighted by atomic mass is 10.0. The smallest absolute Gasteiger partial charge is 0.320 e. The van der Waals surface area contributed by atoms with Crippen LogP contribution in [0.25, 0.3) is 22.6 Å². The van der Waals surface area contributed by atoms with Crippen LogP contribution in [0.1, 0.15) is 42.5 Å². The number of imidazole rings is 1. The Morgan fingerprint density at radius 3 is 2.48 bits per heavy atom. The third-order valence-corrected chi connectivity index (χ3v) is 5.85. The number of nitrogens with zero attached hydrogens (tertiary/aromatic N) is 2. The van der Waals surface area contributed by atoms with E-state index in [1.807, 2.05) is 55.5 Å². The Balaban J connectivity index is 1.84. The molecule has 1 aliphatic rings. The van der Waals surface area contributed by atoms with E-state index in [1.54, 1.807) is 0 Å². The summed E-state index contributed by atoms with van der Waals surface area (Å²) < 4.78 is 0. The van der Waals surface area contributed by atoms with Gasteiger partial charge in [0.2, 0.25) is 0 Å². The lowest BCUT2D eigenvalue weighted by molar-refractivity contribution is 0.217. The van der Waals surface area contributed by atoms with Gasteiger partial charge in [-0.1, -0.05) is 55.3 Å². The van der Waals surface area contributed by atoms with Crippen molar-refractivity contribution in [3.8, 4) is 22.6 Å². The Labute approximate surface area is 181 Å². The van der Waals surface area contributed by atoms with Crippen LogP contribution < -0.4 is 5.73 Å². The van der Waals surface area contributed by atoms with Crippen molar-refractivity contribution in [2.45, 2.75) is 38.6 Å². The van der Waals surface area contributed by atoms with Gasteiger partial charge in [-0.15, -0.1) is 0 Å². The molecule has 0 unspecified atom stereocenters. The SMILES string of the molecule is Cc1cc(-c2nc(-c3ccccc3)[nH]c2C(=N)N(C(N)=O)C2CCCC2)ccc1C=N. The van der Waals surface area contributed by atoms with Crippen LogP contribution in [0.4, 0.5) is 4.79 Å². The van der Waals surface area contributed by atoms with Gasteiger partial charge in [-0.05, 0) is 37.0 Å². The van der Waals surface area contributed by atoms with Gasteiger partial charge in [-0.2, -0.15) is 0 Å². The number of aromatic amines is 1. The van der Waals surface area contributed by atoms with Crippen LogP contribution >= 0.6 is 0 Å². The molecule has 1 fully saturated rings. The zero-order valence-corrected chi connectivity index (χ0v) is 17.5. The van der Waals surface area contributed by atoms with Gasteiger partial charge in [0, 0.05) is 23.4 Å². The highest BCUT2D eigenvalue weighted by molar-refractivity contribution is 6.08. The first-order valence-corrected chi connectivity index (χ1v) is 10.4. The van der Waals surface area contributed by atoms with Crippen LogP contribution in [0.3, 0.4) is 0 Å². The van der Waals surface area contributed by atoms with Crippen molar-refractivity contribution < 1.29 is 4.79 Å². The Bertz CT molecular complexity index is 1130. The zero-order chi connectivity index (χ0) is 22.0. The van der Waals surface area contributed by atoms with E-state index in [2.05, 4.69) is 4.98 Å². The minimum Gasteiger partial charge on any atom is -0.351 e. The number of hydrogen-bond acceptors (Lipinski definition) is 4. The van der Waals surface area contributed by atoms with Crippen molar-refractivity contribution in [2.24, 2.45) is 5.73 Å². The summed E-state index contributed by atoms with van der Waals surface area (Å²) in [5.41, 5.74) is 10.2. The molecule has 7 nitrogen and oxygen atoms in total. The number of nitrogens with two attached hydrogens (primary N) is 1. The molecule has 7 heteroatoms. The number of hydrogen-bond donors (Lipinski definition) is 4. The van der Waals surface area contributed by atoms with Gasteiger partial charge in [0.15, 0.2) is 5.84 Å². The number of rotatable bonds is 5. The molecule has 0 aliphatic heterocycles. The first-order valence-electron chi connectivity index (χ1n) is 10.4. The molecular weight excluding hydrogens is 388 g/mol. The number of carbonyl (C=O) groups excluding carboxylic acids is 1. The lowest BCUT2D eigenvalue weighted by Crippen LogP contribution is -2.46. The summed E-state index contributed by atoms with van der Waals surface area (Å²) in [4.78, 5) is 21.8. The third-order valence-electron chi connectivity index (χ3n) is 5.85. The number of carbonyl (C=O) groups is 1. The van der Waals surface area contributed by atoms with E-state index in [9.17, 15) is 4.79 Å². The largest absolute Gasteiger partial charge is 0.351 e. The van der Waals surface area contributed by atoms with Crippen molar-refractivity contribution in [3.05, 3.63) is 65.4 Å². The number of aromatic nitrogens is 2. The molecule has 0 spiro atoms. The number of urea groups is 1. The Hall–Kier alpha value is -3.74. The zero-order valence-electron chi connectivity index (χ0n) is 17.5. The fourth-order valence-corrected chi connectivity index (χ4v) is 4.23. The molecule has 3 aromatic rings. The minimum absolute atomic E-state index is 0.0397. The number of amides is 2. The van der Waals surface area contributed by atoms with Crippen LogP contribution in [0, 0.1) is 17.7 Å². The number of benzene rings is 2. The average Bonchev–Trinajstić information content (AvgIpc) is 3.44. The lowest BCUT2D eigenvalue weighted by Gasteiger charge is -2.27. The second kappa shape index (κ2) is 8.55. The van der Waals surface area contributed by atoms with Crippen LogP contribution in [-0.4, -0.2) is 39.0 Å². The van der Waals surface area contributed by atoms with Crippen LogP contribution in [0.2, 0.25) is 0 Å². The molecule has 4 rings (SSSR count). The van der Waals surface area contributed by atoms with Crippen LogP contribution in [0.5, 0.6) is 0 Å². The van der Waals surface area contributed by atoms with E-state index in [4.69, 9.17) is 21.5 Å². The molecule has 158 valence electrons. The minimum atomic E-state index is -0.617. The number of amidine groups is 1. The molecule has 5 N–H and O–H groups in total. The van der Waals surface area contributed by atoms with Crippen molar-refractivity contribution >= 4 is 18.1 Å². The standard InChI is InChI=1S/C24H26N6O/c1-15-13-17(11-12-18(15)14-25)20-21(29-23(28-20)16-7-3-2-4-8-16)22(26)30(24(27)31)19-9-5-6-10-19/h2-4,7-8,11-14,19,25-26H,5-6,9-10H2,1H3,(H2,27,31)(H,28,29). The Kier molecular flexibility index (Phi) is 5.66. The average molecular weight is 415 g/mol. The quantitative estimate of drug-likeness (QED) is 0.357. The van der Waals surface area contributed by atoms with Gasteiger partial charge in [0.05, 0.1) is 0 Å². The van der Waals surface area contributed by atoms with Gasteiger partial charge in [-0.25, -0.2) is 9.78 Å². The van der Waals surface area contributed by atoms with Gasteiger partial charge in [0.25, 0.3) is 0 Å². The Morgan fingerprint density at radius 1 is 1.16 bits per heavy atom. The second-order valence-electron chi connectivity index (χ2n) is 7.89. The van der Waals surface area contributed by atoms with Crippen molar-refractivity contribution in [1.82, 2.24) is 14.9 Å². The summed E-state index contributed by atoms with van der Waals surface area (Å²) in [6, 6.07) is 14.7. The molecule has 0 atom stereocenters. The molecule has 2 amide bonds. The molecule has 31 heavy (non-hydrogen) atoms. The van der Waals surface area contributed by atoms with E-state index in [-0.39, 0.29) is 11.9 Å². The molecular formula is C24H26N6O. The summed E-state index contributed by atoms with van der Waals surface area (Å²) in [5.74, 6) is 0.665. The van der Waals surface area contributed by atoms with Crippen molar-refractivity contribution in [2.75, 3.05) is 0 Å². The summed E-state index contributed by atoms with van der Waals surface area (Å²) in [6.45, 7) is 1.94. The van der Waals surface area contributed by atoms with Gasteiger partial charge < -0.3 is 16.1 Å². The highest BCUT2D eigenvalue weighted by Crippen LogP contribution is 2.31. The normalized spacial score (nSPS) is 13.8. The number of aryl methyl sites for hydroxylation is 1. The van der Waals surface area contributed by atoms with E-state index in [1.165, 1.54) is 11.1 Å². The molecule has 1 aromatic heterocycles. The summed E-state index contributed by atoms with van der Waals surface area (Å²) >= 11 is 0. The molecule has 2 aromatic carbocycles. The maximum Gasteiger partial charge on any atom is 0.320 e. The van der Waals surface area contributed by atoms with E-state index in [0.29, 0.717) is 17.2 Å². The summed E-state index contributed by atoms with van der Waals surface area (Å²) in [7, 11) is 0. The fourth-order valence-electron chi connectivity index (χ4n) is 4.23. The topological polar surface area (TPSA) is 123 Å². The monoisotopic (exact) mass is 414 g/mol. The van der Waals surface area contributed by atoms with E-state index in [0.717, 1.165) is 47.9 Å². The van der Waals surface area contributed by atoms with Gasteiger partial charge in [-0.3, -0.25) is 10.3 Å². The van der Waals surface area contributed by atoms with Gasteiger partial charge in [0.1, 0.15) is 17.2 Å². The van der Waals surface area contributed by atoms with Crippen molar-refractivity contribution in [3.63, 3.8) is 0 Å². The molecule has 1 aliphatic carbocycles. The molecule has 0 bridgehead atoms. The summed E-state index contributed by atoms with van der Waals surface area (Å²) in [5, 5.41) is 16.4. The molecule has 1 saturated carbocycles. The van der Waals surface area contributed by atoms with Crippen LogP contribution in [0.15, 0.2) is 48.5 Å². The third kappa shape index (κ3) is 3.99. The number of nitrogens with one attached hydrogen (secondary N) is 3. The maximum absolute atomic E-state index is 12.3. The second-order valence-corrected chi connectivity index (χ2v) is 7.89. The predicted molar refractivity (Wildman–Crippen MR) is 123 cm³/mol. The van der Waals surface area contributed by atoms with E-state index < -0.39 is 6.03 Å².